The van der Waals surface area contributed by atoms with Gasteiger partial charge in [0, 0.05) is 5.69 Å². The van der Waals surface area contributed by atoms with Crippen LogP contribution < -0.4 is 5.32 Å². The van der Waals surface area contributed by atoms with Crippen LogP contribution in [0.25, 0.3) is 5.57 Å². The molecule has 0 spiro atoms. The minimum Gasteiger partial charge on any atom is -0.350 e. The summed E-state index contributed by atoms with van der Waals surface area (Å²) in [6.07, 6.45) is 0. The van der Waals surface area contributed by atoms with Crippen molar-refractivity contribution in [2.24, 2.45) is 0 Å². The van der Waals surface area contributed by atoms with Crippen molar-refractivity contribution in [1.29, 1.82) is 0 Å². The summed E-state index contributed by atoms with van der Waals surface area (Å²) in [4.78, 5) is 27.7. The van der Waals surface area contributed by atoms with Crippen molar-refractivity contribution in [2.45, 2.75) is 20.4 Å². The molecule has 1 aliphatic heterocycles. The van der Waals surface area contributed by atoms with E-state index in [0.29, 0.717) is 11.3 Å². The zero-order valence-electron chi connectivity index (χ0n) is 16.8. The van der Waals surface area contributed by atoms with Gasteiger partial charge >= 0.3 is 0 Å². The molecule has 1 N–H and O–H groups in total. The predicted octanol–water partition coefficient (Wildman–Crippen LogP) is 4.83. The highest BCUT2D eigenvalue weighted by molar-refractivity contribution is 6.36. The van der Waals surface area contributed by atoms with Crippen molar-refractivity contribution in [3.63, 3.8) is 0 Å². The largest absolute Gasteiger partial charge is 0.350 e. The number of imide groups is 1. The number of amides is 2. The molecule has 3 aromatic rings. The normalized spacial score (nSPS) is 13.9. The van der Waals surface area contributed by atoms with Crippen LogP contribution in [0.2, 0.25) is 0 Å². The molecule has 2 amide bonds. The molecular weight excluding hydrogens is 379 g/mol. The van der Waals surface area contributed by atoms with Crippen LogP contribution in [-0.2, 0) is 16.1 Å². The molecule has 0 saturated carbocycles. The quantitative estimate of drug-likeness (QED) is 0.624. The Hall–Kier alpha value is -3.73. The first kappa shape index (κ1) is 19.6. The standard InChI is InChI=1S/C25H21FN2O2/c1-16-3-7-18(8-4-16)15-28-24(29)22(19-9-11-20(26)12-10-19)23(25(28)30)27-21-13-5-17(2)6-14-21/h3-14,27H,15H2,1-2H3. The van der Waals surface area contributed by atoms with Crippen molar-refractivity contribution >= 4 is 23.1 Å². The molecule has 1 aliphatic rings. The molecule has 0 radical (unpaired) electrons. The van der Waals surface area contributed by atoms with Crippen molar-refractivity contribution < 1.29 is 14.0 Å². The number of hydrogen-bond donors (Lipinski definition) is 1. The molecule has 0 aromatic heterocycles. The van der Waals surface area contributed by atoms with Gasteiger partial charge in [0.05, 0.1) is 12.1 Å². The SMILES string of the molecule is Cc1ccc(CN2C(=O)C(Nc3ccc(C)cc3)=C(c3ccc(F)cc3)C2=O)cc1. The zero-order chi connectivity index (χ0) is 21.3. The van der Waals surface area contributed by atoms with Crippen LogP contribution in [0.4, 0.5) is 10.1 Å². The molecule has 4 nitrogen and oxygen atoms in total. The average molecular weight is 400 g/mol. The average Bonchev–Trinajstić information content (AvgIpc) is 2.96. The molecular formula is C25H21FN2O2. The Labute approximate surface area is 174 Å². The molecule has 1 heterocycles. The van der Waals surface area contributed by atoms with Crippen LogP contribution in [0.1, 0.15) is 22.3 Å². The van der Waals surface area contributed by atoms with Crippen LogP contribution in [0.5, 0.6) is 0 Å². The van der Waals surface area contributed by atoms with Crippen LogP contribution in [-0.4, -0.2) is 16.7 Å². The molecule has 0 saturated heterocycles. The van der Waals surface area contributed by atoms with Gasteiger partial charge in [-0.15, -0.1) is 0 Å². The van der Waals surface area contributed by atoms with E-state index < -0.39 is 17.6 Å². The summed E-state index contributed by atoms with van der Waals surface area (Å²) >= 11 is 0. The van der Waals surface area contributed by atoms with Crippen molar-refractivity contribution in [2.75, 3.05) is 5.32 Å². The highest BCUT2D eigenvalue weighted by Gasteiger charge is 2.39. The number of halogens is 1. The first-order valence-corrected chi connectivity index (χ1v) is 9.68. The van der Waals surface area contributed by atoms with Gasteiger partial charge in [-0.2, -0.15) is 0 Å². The van der Waals surface area contributed by atoms with Gasteiger partial charge < -0.3 is 5.32 Å². The zero-order valence-corrected chi connectivity index (χ0v) is 16.8. The number of carbonyl (C=O) groups excluding carboxylic acids is 2. The van der Waals surface area contributed by atoms with Crippen LogP contribution in [0.3, 0.4) is 0 Å². The number of nitrogens with one attached hydrogen (secondary N) is 1. The summed E-state index contributed by atoms with van der Waals surface area (Å²) in [5.41, 5.74) is 4.68. The fourth-order valence-electron chi connectivity index (χ4n) is 3.38. The lowest BCUT2D eigenvalue weighted by Gasteiger charge is -2.15. The molecule has 0 fully saturated rings. The Balaban J connectivity index is 1.72. The van der Waals surface area contributed by atoms with E-state index in [1.807, 2.05) is 62.4 Å². The lowest BCUT2D eigenvalue weighted by molar-refractivity contribution is -0.137. The number of benzene rings is 3. The van der Waals surface area contributed by atoms with Crippen molar-refractivity contribution in [3.05, 3.63) is 107 Å². The minimum atomic E-state index is -0.402. The van der Waals surface area contributed by atoms with E-state index in [0.717, 1.165) is 16.7 Å². The third-order valence-electron chi connectivity index (χ3n) is 5.08. The Morgan fingerprint density at radius 1 is 0.767 bits per heavy atom. The molecule has 0 atom stereocenters. The number of aryl methyl sites for hydroxylation is 2. The van der Waals surface area contributed by atoms with Gasteiger partial charge in [0.1, 0.15) is 11.5 Å². The molecule has 150 valence electrons. The minimum absolute atomic E-state index is 0.168. The highest BCUT2D eigenvalue weighted by atomic mass is 19.1. The summed E-state index contributed by atoms with van der Waals surface area (Å²) in [6, 6.07) is 20.8. The van der Waals surface area contributed by atoms with Gasteiger partial charge in [-0.25, -0.2) is 4.39 Å². The van der Waals surface area contributed by atoms with Gasteiger partial charge in [0.15, 0.2) is 0 Å². The maximum Gasteiger partial charge on any atom is 0.278 e. The summed E-state index contributed by atoms with van der Waals surface area (Å²) < 4.78 is 13.4. The second kappa shape index (κ2) is 7.95. The third kappa shape index (κ3) is 3.87. The maximum absolute atomic E-state index is 13.4. The van der Waals surface area contributed by atoms with Crippen LogP contribution >= 0.6 is 0 Å². The topological polar surface area (TPSA) is 49.4 Å². The van der Waals surface area contributed by atoms with E-state index in [4.69, 9.17) is 0 Å². The summed E-state index contributed by atoms with van der Waals surface area (Å²) in [5.74, 6) is -1.21. The van der Waals surface area contributed by atoms with Crippen LogP contribution in [0, 0.1) is 19.7 Å². The second-order valence-corrected chi connectivity index (χ2v) is 7.43. The van der Waals surface area contributed by atoms with Crippen LogP contribution in [0.15, 0.2) is 78.5 Å². The Bertz CT molecular complexity index is 1130. The summed E-state index contributed by atoms with van der Waals surface area (Å²) in [6.45, 7) is 4.12. The number of anilines is 1. The van der Waals surface area contributed by atoms with E-state index >= 15 is 0 Å². The lowest BCUT2D eigenvalue weighted by Crippen LogP contribution is -2.32. The van der Waals surface area contributed by atoms with E-state index in [1.54, 1.807) is 0 Å². The molecule has 5 heteroatoms. The third-order valence-corrected chi connectivity index (χ3v) is 5.08. The van der Waals surface area contributed by atoms with Gasteiger partial charge in [0.2, 0.25) is 0 Å². The summed E-state index contributed by atoms with van der Waals surface area (Å²) in [5, 5.41) is 3.11. The molecule has 30 heavy (non-hydrogen) atoms. The smallest absolute Gasteiger partial charge is 0.278 e. The monoisotopic (exact) mass is 400 g/mol. The Morgan fingerprint density at radius 2 is 1.33 bits per heavy atom. The fraction of sp³-hybridized carbons (Fsp3) is 0.120. The van der Waals surface area contributed by atoms with E-state index in [2.05, 4.69) is 5.32 Å². The van der Waals surface area contributed by atoms with Gasteiger partial charge in [-0.3, -0.25) is 14.5 Å². The second-order valence-electron chi connectivity index (χ2n) is 7.43. The number of hydrogen-bond acceptors (Lipinski definition) is 3. The fourth-order valence-corrected chi connectivity index (χ4v) is 3.38. The predicted molar refractivity (Wildman–Crippen MR) is 115 cm³/mol. The van der Waals surface area contributed by atoms with Crippen molar-refractivity contribution in [3.8, 4) is 0 Å². The lowest BCUT2D eigenvalue weighted by atomic mass is 10.0. The number of rotatable bonds is 5. The molecule has 0 bridgehead atoms. The van der Waals surface area contributed by atoms with E-state index in [-0.39, 0.29) is 17.8 Å². The van der Waals surface area contributed by atoms with Gasteiger partial charge in [-0.05, 0) is 49.2 Å². The Morgan fingerprint density at radius 3 is 1.93 bits per heavy atom. The number of nitrogens with zero attached hydrogens (tertiary/aromatic N) is 1. The maximum atomic E-state index is 13.4. The van der Waals surface area contributed by atoms with E-state index in [1.165, 1.54) is 29.2 Å². The summed E-state index contributed by atoms with van der Waals surface area (Å²) in [7, 11) is 0. The molecule has 0 unspecified atom stereocenters. The van der Waals surface area contributed by atoms with E-state index in [9.17, 15) is 14.0 Å². The molecule has 4 rings (SSSR count). The molecule has 0 aliphatic carbocycles. The first-order valence-electron chi connectivity index (χ1n) is 9.68. The molecule has 3 aromatic carbocycles. The Kier molecular flexibility index (Phi) is 5.19. The van der Waals surface area contributed by atoms with Gasteiger partial charge in [0.25, 0.3) is 11.8 Å². The van der Waals surface area contributed by atoms with Crippen molar-refractivity contribution in [1.82, 2.24) is 4.90 Å². The highest BCUT2D eigenvalue weighted by Crippen LogP contribution is 2.31. The first-order chi connectivity index (χ1) is 14.4. The van der Waals surface area contributed by atoms with Gasteiger partial charge in [-0.1, -0.05) is 59.7 Å². The number of carbonyl (C=O) groups is 2.